The third-order valence-corrected chi connectivity index (χ3v) is 2.89. The molecular weight excluding hydrogens is 191 g/mol. The van der Waals surface area contributed by atoms with E-state index < -0.39 is 12.1 Å². The van der Waals surface area contributed by atoms with Crippen molar-refractivity contribution in [2.75, 3.05) is 6.54 Å². The summed E-state index contributed by atoms with van der Waals surface area (Å²) in [5, 5.41) is 2.99. The van der Waals surface area contributed by atoms with E-state index in [2.05, 4.69) is 12.2 Å². The normalized spacial score (nSPS) is 29.1. The van der Waals surface area contributed by atoms with Gasteiger partial charge in [-0.1, -0.05) is 19.8 Å². The van der Waals surface area contributed by atoms with Crippen LogP contribution in [0.15, 0.2) is 0 Å². The zero-order valence-corrected chi connectivity index (χ0v) is 8.53. The maximum atomic E-state index is 12.3. The van der Waals surface area contributed by atoms with Gasteiger partial charge in [-0.2, -0.15) is 13.2 Å². The summed E-state index contributed by atoms with van der Waals surface area (Å²) in [5.41, 5.74) is 0. The van der Waals surface area contributed by atoms with Crippen LogP contribution < -0.4 is 5.32 Å². The number of piperidine rings is 1. The Morgan fingerprint density at radius 1 is 1.29 bits per heavy atom. The predicted molar refractivity (Wildman–Crippen MR) is 50.1 cm³/mol. The van der Waals surface area contributed by atoms with Crippen molar-refractivity contribution in [1.29, 1.82) is 0 Å². The van der Waals surface area contributed by atoms with Crippen LogP contribution in [0.2, 0.25) is 0 Å². The van der Waals surface area contributed by atoms with Crippen LogP contribution in [0.1, 0.15) is 39.0 Å². The highest BCUT2D eigenvalue weighted by molar-refractivity contribution is 4.81. The first-order valence-electron chi connectivity index (χ1n) is 5.34. The Morgan fingerprint density at radius 3 is 2.43 bits per heavy atom. The van der Waals surface area contributed by atoms with Crippen molar-refractivity contribution in [3.8, 4) is 0 Å². The molecule has 1 N–H and O–H groups in total. The molecule has 1 rings (SSSR count). The molecule has 0 saturated carbocycles. The van der Waals surface area contributed by atoms with Crippen LogP contribution >= 0.6 is 0 Å². The van der Waals surface area contributed by atoms with Crippen molar-refractivity contribution in [2.45, 2.75) is 51.2 Å². The second-order valence-corrected chi connectivity index (χ2v) is 4.06. The molecular formula is C10H18F3N. The Morgan fingerprint density at radius 2 is 2.00 bits per heavy atom. The minimum atomic E-state index is -4.01. The molecule has 0 aliphatic carbocycles. The van der Waals surface area contributed by atoms with E-state index in [9.17, 15) is 13.2 Å². The Bertz CT molecular complexity index is 159. The molecule has 1 aliphatic heterocycles. The molecule has 1 fully saturated rings. The second-order valence-electron chi connectivity index (χ2n) is 4.06. The standard InChI is InChI=1S/C10H18F3N/c1-2-3-4-9-6-5-8(7-14-9)10(11,12)13/h8-9,14H,2-7H2,1H3. The summed E-state index contributed by atoms with van der Waals surface area (Å²) < 4.78 is 36.8. The van der Waals surface area contributed by atoms with Crippen molar-refractivity contribution < 1.29 is 13.2 Å². The fourth-order valence-corrected chi connectivity index (χ4v) is 1.89. The molecule has 4 heteroatoms. The maximum absolute atomic E-state index is 12.3. The van der Waals surface area contributed by atoms with Gasteiger partial charge in [-0.15, -0.1) is 0 Å². The van der Waals surface area contributed by atoms with Crippen molar-refractivity contribution >= 4 is 0 Å². The van der Waals surface area contributed by atoms with E-state index in [-0.39, 0.29) is 6.54 Å². The Labute approximate surface area is 83.1 Å². The number of nitrogens with one attached hydrogen (secondary N) is 1. The van der Waals surface area contributed by atoms with Crippen molar-refractivity contribution in [3.05, 3.63) is 0 Å². The molecule has 84 valence electrons. The SMILES string of the molecule is CCCCC1CCC(C(F)(F)F)CN1. The summed E-state index contributed by atoms with van der Waals surface area (Å²) in [6.45, 7) is 2.21. The molecule has 0 spiro atoms. The molecule has 1 aliphatic rings. The van der Waals surface area contributed by atoms with Gasteiger partial charge < -0.3 is 5.32 Å². The van der Waals surface area contributed by atoms with E-state index in [1.54, 1.807) is 0 Å². The molecule has 0 radical (unpaired) electrons. The highest BCUT2D eigenvalue weighted by atomic mass is 19.4. The predicted octanol–water partition coefficient (Wildman–Crippen LogP) is 3.11. The first-order valence-corrected chi connectivity index (χ1v) is 5.34. The van der Waals surface area contributed by atoms with E-state index in [4.69, 9.17) is 0 Å². The number of halogens is 3. The lowest BCUT2D eigenvalue weighted by molar-refractivity contribution is -0.179. The summed E-state index contributed by atoms with van der Waals surface area (Å²) in [7, 11) is 0. The third kappa shape index (κ3) is 3.48. The highest BCUT2D eigenvalue weighted by Gasteiger charge is 2.41. The lowest BCUT2D eigenvalue weighted by Gasteiger charge is -2.31. The Hall–Kier alpha value is -0.250. The van der Waals surface area contributed by atoms with Gasteiger partial charge in [-0.05, 0) is 19.3 Å². The van der Waals surface area contributed by atoms with E-state index in [0.29, 0.717) is 18.9 Å². The Balaban J connectivity index is 2.24. The summed E-state index contributed by atoms with van der Waals surface area (Å²) >= 11 is 0. The van der Waals surface area contributed by atoms with Crippen molar-refractivity contribution in [2.24, 2.45) is 5.92 Å². The van der Waals surface area contributed by atoms with E-state index >= 15 is 0 Å². The van der Waals surface area contributed by atoms with E-state index in [1.807, 2.05) is 0 Å². The number of hydrogen-bond acceptors (Lipinski definition) is 1. The lowest BCUT2D eigenvalue weighted by atomic mass is 9.92. The second kappa shape index (κ2) is 5.01. The first kappa shape index (κ1) is 11.8. The molecule has 0 bridgehead atoms. The quantitative estimate of drug-likeness (QED) is 0.753. The van der Waals surface area contributed by atoms with Gasteiger partial charge in [0, 0.05) is 12.6 Å². The average molecular weight is 209 g/mol. The minimum Gasteiger partial charge on any atom is -0.313 e. The minimum absolute atomic E-state index is 0.109. The third-order valence-electron chi connectivity index (χ3n) is 2.89. The maximum Gasteiger partial charge on any atom is 0.393 e. The molecule has 0 aromatic rings. The average Bonchev–Trinajstić information content (AvgIpc) is 2.14. The smallest absolute Gasteiger partial charge is 0.313 e. The molecule has 2 atom stereocenters. The van der Waals surface area contributed by atoms with Gasteiger partial charge in [0.15, 0.2) is 0 Å². The molecule has 0 aromatic heterocycles. The molecule has 0 amide bonds. The summed E-state index contributed by atoms with van der Waals surface area (Å²) in [6.07, 6.45) is 0.189. The summed E-state index contributed by atoms with van der Waals surface area (Å²) in [5.74, 6) is -1.12. The van der Waals surface area contributed by atoms with Crippen molar-refractivity contribution in [3.63, 3.8) is 0 Å². The molecule has 2 unspecified atom stereocenters. The Kier molecular flexibility index (Phi) is 4.23. The van der Waals surface area contributed by atoms with Gasteiger partial charge in [0.05, 0.1) is 5.92 Å². The highest BCUT2D eigenvalue weighted by Crippen LogP contribution is 2.32. The van der Waals surface area contributed by atoms with Gasteiger partial charge in [-0.3, -0.25) is 0 Å². The fraction of sp³-hybridized carbons (Fsp3) is 1.00. The van der Waals surface area contributed by atoms with Crippen LogP contribution in [-0.2, 0) is 0 Å². The van der Waals surface area contributed by atoms with Gasteiger partial charge in [0.1, 0.15) is 0 Å². The number of alkyl halides is 3. The zero-order chi connectivity index (χ0) is 10.6. The van der Waals surface area contributed by atoms with Gasteiger partial charge in [0.25, 0.3) is 0 Å². The first-order chi connectivity index (χ1) is 6.54. The number of hydrogen-bond donors (Lipinski definition) is 1. The zero-order valence-electron chi connectivity index (χ0n) is 8.53. The van der Waals surface area contributed by atoms with Crippen LogP contribution in [-0.4, -0.2) is 18.8 Å². The van der Waals surface area contributed by atoms with Crippen LogP contribution in [0.4, 0.5) is 13.2 Å². The van der Waals surface area contributed by atoms with Gasteiger partial charge >= 0.3 is 6.18 Å². The number of rotatable bonds is 3. The summed E-state index contributed by atoms with van der Waals surface area (Å²) in [4.78, 5) is 0. The van der Waals surface area contributed by atoms with Crippen LogP contribution in [0.3, 0.4) is 0 Å². The lowest BCUT2D eigenvalue weighted by Crippen LogP contribution is -2.44. The van der Waals surface area contributed by atoms with Crippen LogP contribution in [0.5, 0.6) is 0 Å². The fourth-order valence-electron chi connectivity index (χ4n) is 1.89. The van der Waals surface area contributed by atoms with E-state index in [0.717, 1.165) is 19.3 Å². The molecule has 1 heterocycles. The largest absolute Gasteiger partial charge is 0.393 e. The molecule has 1 saturated heterocycles. The van der Waals surface area contributed by atoms with Crippen molar-refractivity contribution in [1.82, 2.24) is 5.32 Å². The summed E-state index contributed by atoms with van der Waals surface area (Å²) in [6, 6.07) is 0.313. The van der Waals surface area contributed by atoms with Crippen LogP contribution in [0, 0.1) is 5.92 Å². The van der Waals surface area contributed by atoms with Gasteiger partial charge in [0.2, 0.25) is 0 Å². The topological polar surface area (TPSA) is 12.0 Å². The molecule has 1 nitrogen and oxygen atoms in total. The number of unbranched alkanes of at least 4 members (excludes halogenated alkanes) is 1. The van der Waals surface area contributed by atoms with Crippen LogP contribution in [0.25, 0.3) is 0 Å². The van der Waals surface area contributed by atoms with E-state index in [1.165, 1.54) is 0 Å². The molecule has 0 aromatic carbocycles. The monoisotopic (exact) mass is 209 g/mol. The van der Waals surface area contributed by atoms with Gasteiger partial charge in [-0.25, -0.2) is 0 Å². The molecule has 14 heavy (non-hydrogen) atoms.